The molecule has 0 aliphatic heterocycles. The van der Waals surface area contributed by atoms with E-state index in [1.165, 1.54) is 10.9 Å². The predicted molar refractivity (Wildman–Crippen MR) is 70.2 cm³/mol. The molecule has 3 rings (SSSR count). The van der Waals surface area contributed by atoms with Crippen LogP contribution in [0.4, 0.5) is 0 Å². The lowest BCUT2D eigenvalue weighted by atomic mass is 10.0. The van der Waals surface area contributed by atoms with E-state index in [0.29, 0.717) is 0 Å². The van der Waals surface area contributed by atoms with Crippen molar-refractivity contribution in [2.24, 2.45) is 5.73 Å². The molecule has 0 saturated carbocycles. The Morgan fingerprint density at radius 2 is 2.22 bits per heavy atom. The highest BCUT2D eigenvalue weighted by atomic mass is 16.5. The van der Waals surface area contributed by atoms with Gasteiger partial charge in [-0.05, 0) is 25.0 Å². The molecule has 0 bridgehead atoms. The van der Waals surface area contributed by atoms with E-state index in [1.807, 2.05) is 31.3 Å². The van der Waals surface area contributed by atoms with E-state index in [-0.39, 0.29) is 6.04 Å². The minimum atomic E-state index is -0.162. The molecule has 1 atom stereocenters. The van der Waals surface area contributed by atoms with Crippen LogP contribution in [0.3, 0.4) is 0 Å². The Bertz CT molecular complexity index is 668. The quantitative estimate of drug-likeness (QED) is 0.740. The molecule has 1 aromatic carbocycles. The summed E-state index contributed by atoms with van der Waals surface area (Å²) in [6.45, 7) is 1.89. The largest absolute Gasteiger partial charge is 0.361 e. The summed E-state index contributed by atoms with van der Waals surface area (Å²) in [5.41, 5.74) is 9.34. The molecule has 0 spiro atoms. The average Bonchev–Trinajstić information content (AvgIpc) is 2.97. The first-order chi connectivity index (χ1) is 8.74. The lowest BCUT2D eigenvalue weighted by molar-refractivity contribution is 0.358. The van der Waals surface area contributed by atoms with Crippen molar-refractivity contribution in [2.45, 2.75) is 19.4 Å². The number of nitrogens with two attached hydrogens (primary N) is 1. The monoisotopic (exact) mass is 241 g/mol. The van der Waals surface area contributed by atoms with Gasteiger partial charge < -0.3 is 15.2 Å². The van der Waals surface area contributed by atoms with E-state index < -0.39 is 0 Å². The van der Waals surface area contributed by atoms with Crippen LogP contribution in [0.5, 0.6) is 0 Å². The van der Waals surface area contributed by atoms with Gasteiger partial charge in [-0.2, -0.15) is 0 Å². The number of aromatic amines is 1. The van der Waals surface area contributed by atoms with Crippen molar-refractivity contribution in [3.05, 3.63) is 53.5 Å². The summed E-state index contributed by atoms with van der Waals surface area (Å²) in [6, 6.07) is 9.93. The highest BCUT2D eigenvalue weighted by molar-refractivity contribution is 5.83. The molecule has 3 aromatic rings. The number of nitrogens with zero attached hydrogens (tertiary/aromatic N) is 1. The van der Waals surface area contributed by atoms with Gasteiger partial charge in [0, 0.05) is 23.2 Å². The highest BCUT2D eigenvalue weighted by Gasteiger charge is 2.14. The molecule has 0 fully saturated rings. The van der Waals surface area contributed by atoms with Gasteiger partial charge in [-0.3, -0.25) is 0 Å². The fourth-order valence-electron chi connectivity index (χ4n) is 2.20. The number of fused-ring (bicyclic) bond motifs is 1. The third-order valence-electron chi connectivity index (χ3n) is 3.13. The van der Waals surface area contributed by atoms with Crippen LogP contribution in [-0.4, -0.2) is 10.1 Å². The zero-order valence-electron chi connectivity index (χ0n) is 10.2. The zero-order chi connectivity index (χ0) is 12.5. The molecular weight excluding hydrogens is 226 g/mol. The van der Waals surface area contributed by atoms with E-state index in [9.17, 15) is 0 Å². The molecule has 2 heterocycles. The molecule has 0 unspecified atom stereocenters. The summed E-state index contributed by atoms with van der Waals surface area (Å²) < 4.78 is 5.20. The Hall–Kier alpha value is -2.07. The molecule has 3 N–H and O–H groups in total. The van der Waals surface area contributed by atoms with Gasteiger partial charge in [0.2, 0.25) is 0 Å². The van der Waals surface area contributed by atoms with Gasteiger partial charge in [0.15, 0.2) is 5.76 Å². The summed E-state index contributed by atoms with van der Waals surface area (Å²) >= 11 is 0. The Morgan fingerprint density at radius 3 is 3.00 bits per heavy atom. The van der Waals surface area contributed by atoms with Crippen LogP contribution >= 0.6 is 0 Å². The van der Waals surface area contributed by atoms with E-state index in [4.69, 9.17) is 10.3 Å². The fourth-order valence-corrected chi connectivity index (χ4v) is 2.20. The molecule has 0 aliphatic rings. The van der Waals surface area contributed by atoms with Crippen molar-refractivity contribution in [1.82, 2.24) is 10.1 Å². The van der Waals surface area contributed by atoms with Crippen molar-refractivity contribution in [3.8, 4) is 0 Å². The smallest absolute Gasteiger partial charge is 0.153 e. The highest BCUT2D eigenvalue weighted by Crippen LogP contribution is 2.23. The molecule has 0 radical (unpaired) electrons. The fraction of sp³-hybridized carbons (Fsp3) is 0.214. The van der Waals surface area contributed by atoms with Gasteiger partial charge in [0.25, 0.3) is 0 Å². The first-order valence-corrected chi connectivity index (χ1v) is 5.98. The van der Waals surface area contributed by atoms with Gasteiger partial charge >= 0.3 is 0 Å². The van der Waals surface area contributed by atoms with Gasteiger partial charge in [-0.15, -0.1) is 0 Å². The van der Waals surface area contributed by atoms with Crippen LogP contribution in [0.2, 0.25) is 0 Å². The van der Waals surface area contributed by atoms with Crippen molar-refractivity contribution in [1.29, 1.82) is 0 Å². The van der Waals surface area contributed by atoms with Crippen LogP contribution in [-0.2, 0) is 6.42 Å². The van der Waals surface area contributed by atoms with Gasteiger partial charge in [0.05, 0.1) is 11.7 Å². The lowest BCUT2D eigenvalue weighted by Crippen LogP contribution is -2.12. The van der Waals surface area contributed by atoms with E-state index in [2.05, 4.69) is 22.3 Å². The van der Waals surface area contributed by atoms with Crippen molar-refractivity contribution >= 4 is 10.9 Å². The molecule has 4 nitrogen and oxygen atoms in total. The number of aryl methyl sites for hydroxylation is 1. The third kappa shape index (κ3) is 1.91. The van der Waals surface area contributed by atoms with Crippen molar-refractivity contribution < 1.29 is 4.52 Å². The maximum absolute atomic E-state index is 6.14. The number of benzene rings is 1. The molecule has 0 aliphatic carbocycles. The normalized spacial score (nSPS) is 13.0. The first-order valence-electron chi connectivity index (χ1n) is 5.98. The van der Waals surface area contributed by atoms with Gasteiger partial charge in [0.1, 0.15) is 0 Å². The number of aromatic nitrogens is 2. The second kappa shape index (κ2) is 4.31. The van der Waals surface area contributed by atoms with Gasteiger partial charge in [-0.25, -0.2) is 0 Å². The second-order valence-corrected chi connectivity index (χ2v) is 4.54. The van der Waals surface area contributed by atoms with E-state index in [0.717, 1.165) is 23.4 Å². The Morgan fingerprint density at radius 1 is 1.39 bits per heavy atom. The lowest BCUT2D eigenvalue weighted by Gasteiger charge is -2.06. The minimum absolute atomic E-state index is 0.162. The Kier molecular flexibility index (Phi) is 2.64. The van der Waals surface area contributed by atoms with E-state index in [1.54, 1.807) is 0 Å². The summed E-state index contributed by atoms with van der Waals surface area (Å²) in [5, 5.41) is 5.08. The van der Waals surface area contributed by atoms with Crippen molar-refractivity contribution in [3.63, 3.8) is 0 Å². The maximum Gasteiger partial charge on any atom is 0.153 e. The molecule has 4 heteroatoms. The molecular formula is C14H15N3O. The van der Waals surface area contributed by atoms with E-state index >= 15 is 0 Å². The number of rotatable bonds is 3. The number of hydrogen-bond donors (Lipinski definition) is 2. The molecule has 0 amide bonds. The SMILES string of the molecule is Cc1cc([C@@H](N)Cc2c[nH]c3ccccc23)on1. The Labute approximate surface area is 105 Å². The number of nitrogens with one attached hydrogen (secondary N) is 1. The summed E-state index contributed by atoms with van der Waals surface area (Å²) in [4.78, 5) is 3.25. The van der Waals surface area contributed by atoms with Crippen LogP contribution in [0.1, 0.15) is 23.1 Å². The standard InChI is InChI=1S/C14H15N3O/c1-9-6-14(18-17-9)12(15)7-10-8-16-13-5-3-2-4-11(10)13/h2-6,8,12,16H,7,15H2,1H3/t12-/m0/s1. The predicted octanol–water partition coefficient (Wildman–Crippen LogP) is 2.71. The minimum Gasteiger partial charge on any atom is -0.361 e. The van der Waals surface area contributed by atoms with Crippen LogP contribution in [0.15, 0.2) is 41.1 Å². The van der Waals surface area contributed by atoms with Crippen LogP contribution in [0, 0.1) is 6.92 Å². The Balaban J connectivity index is 1.88. The molecule has 18 heavy (non-hydrogen) atoms. The topological polar surface area (TPSA) is 67.8 Å². The van der Waals surface area contributed by atoms with Crippen molar-refractivity contribution in [2.75, 3.05) is 0 Å². The van der Waals surface area contributed by atoms with Crippen LogP contribution < -0.4 is 5.73 Å². The molecule has 0 saturated heterocycles. The zero-order valence-corrected chi connectivity index (χ0v) is 10.2. The average molecular weight is 241 g/mol. The third-order valence-corrected chi connectivity index (χ3v) is 3.13. The number of hydrogen-bond acceptors (Lipinski definition) is 3. The molecule has 92 valence electrons. The maximum atomic E-state index is 6.14. The van der Waals surface area contributed by atoms with Gasteiger partial charge in [-0.1, -0.05) is 23.4 Å². The van der Waals surface area contributed by atoms with Crippen LogP contribution in [0.25, 0.3) is 10.9 Å². The summed E-state index contributed by atoms with van der Waals surface area (Å²) in [7, 11) is 0. The number of H-pyrrole nitrogens is 1. The first kappa shape index (κ1) is 11.0. The second-order valence-electron chi connectivity index (χ2n) is 4.54. The molecule has 2 aromatic heterocycles. The summed E-state index contributed by atoms with van der Waals surface area (Å²) in [6.07, 6.45) is 2.74. The number of para-hydroxylation sites is 1. The summed E-state index contributed by atoms with van der Waals surface area (Å²) in [5.74, 6) is 0.734.